The SMILES string of the molecule is C1=CCC[C@@]23C=C(c4nccc5c4[nH]c4ccccc45)[C@@H]4CCN(CCCC1)C[C@@]41C[C@@H]4/C=C\CCC[C@@H](O2)N4[C@H]13. The molecule has 41 heavy (non-hydrogen) atoms. The standard InChI is InChI=1S/C36H42N4O/c1-2-4-11-20-39-21-17-29-28(32-33-27(16-19-37-32)26-13-8-9-14-30(26)38-33)23-36(18-10-3-1)34-35(29,24-39)22-25-12-6-5-7-15-31(41-36)40(25)34/h1,3,6,8-9,12-14,16,19,23,25,29,31,34,38H,2,4-5,7,10-11,15,17-18,20-22,24H2/b3-1?,12-6-/t25-,29-,31+,34+,35-,36-/m0/s1. The van der Waals surface area contributed by atoms with E-state index in [0.29, 0.717) is 18.0 Å². The zero-order valence-corrected chi connectivity index (χ0v) is 24.1. The molecule has 0 radical (unpaired) electrons. The van der Waals surface area contributed by atoms with E-state index in [0.717, 1.165) is 19.3 Å². The lowest BCUT2D eigenvalue weighted by Crippen LogP contribution is -2.62. The number of hydrogen-bond donors (Lipinski definition) is 1. The molecule has 2 aromatic heterocycles. The first-order valence-electron chi connectivity index (χ1n) is 16.3. The molecule has 3 saturated heterocycles. The second-order valence-electron chi connectivity index (χ2n) is 13.7. The van der Waals surface area contributed by atoms with E-state index < -0.39 is 0 Å². The Hall–Kier alpha value is -2.73. The van der Waals surface area contributed by atoms with Crippen molar-refractivity contribution in [1.82, 2.24) is 19.8 Å². The molecule has 1 aliphatic carbocycles. The summed E-state index contributed by atoms with van der Waals surface area (Å²) in [6.45, 7) is 3.60. The minimum absolute atomic E-state index is 0.171. The van der Waals surface area contributed by atoms with E-state index in [4.69, 9.17) is 9.72 Å². The third-order valence-corrected chi connectivity index (χ3v) is 11.5. The molecule has 0 saturated carbocycles. The van der Waals surface area contributed by atoms with E-state index in [1.807, 2.05) is 6.20 Å². The first kappa shape index (κ1) is 24.8. The maximum atomic E-state index is 7.45. The van der Waals surface area contributed by atoms with Crippen molar-refractivity contribution >= 4 is 27.4 Å². The van der Waals surface area contributed by atoms with Gasteiger partial charge in [0.05, 0.1) is 17.3 Å². The largest absolute Gasteiger partial charge is 0.353 e. The van der Waals surface area contributed by atoms with Crippen LogP contribution in [0.5, 0.6) is 0 Å². The summed E-state index contributed by atoms with van der Waals surface area (Å²) in [6.07, 6.45) is 26.7. The molecule has 5 heteroatoms. The van der Waals surface area contributed by atoms with Crippen LogP contribution in [0.15, 0.2) is 66.9 Å². The summed E-state index contributed by atoms with van der Waals surface area (Å²) in [5, 5.41) is 2.58. The van der Waals surface area contributed by atoms with Crippen molar-refractivity contribution in [1.29, 1.82) is 0 Å². The molecular formula is C36H42N4O. The molecule has 3 bridgehead atoms. The molecule has 6 aliphatic rings. The van der Waals surface area contributed by atoms with Crippen LogP contribution in [0.3, 0.4) is 0 Å². The van der Waals surface area contributed by atoms with Gasteiger partial charge in [-0.2, -0.15) is 0 Å². The van der Waals surface area contributed by atoms with Crippen LogP contribution in [0.1, 0.15) is 69.9 Å². The van der Waals surface area contributed by atoms with E-state index in [9.17, 15) is 0 Å². The van der Waals surface area contributed by atoms with Gasteiger partial charge >= 0.3 is 0 Å². The number of aromatic nitrogens is 2. The molecule has 0 amide bonds. The quantitative estimate of drug-likeness (QED) is 0.327. The molecule has 5 aliphatic heterocycles. The maximum Gasteiger partial charge on any atom is 0.112 e. The predicted octanol–water partition coefficient (Wildman–Crippen LogP) is 7.22. The van der Waals surface area contributed by atoms with Crippen molar-refractivity contribution in [2.75, 3.05) is 19.6 Å². The van der Waals surface area contributed by atoms with Crippen LogP contribution in [0.2, 0.25) is 0 Å². The average molecular weight is 547 g/mol. The second kappa shape index (κ2) is 9.39. The van der Waals surface area contributed by atoms with Gasteiger partial charge in [0, 0.05) is 40.5 Å². The minimum Gasteiger partial charge on any atom is -0.353 e. The van der Waals surface area contributed by atoms with Crippen LogP contribution in [0.4, 0.5) is 0 Å². The molecule has 1 N–H and O–H groups in total. The summed E-state index contributed by atoms with van der Waals surface area (Å²) >= 11 is 0. The molecule has 212 valence electrons. The smallest absolute Gasteiger partial charge is 0.112 e. The summed E-state index contributed by atoms with van der Waals surface area (Å²) in [6, 6.07) is 11.8. The van der Waals surface area contributed by atoms with Gasteiger partial charge in [-0.1, -0.05) is 42.5 Å². The van der Waals surface area contributed by atoms with E-state index in [1.165, 1.54) is 97.7 Å². The Morgan fingerprint density at radius 3 is 2.85 bits per heavy atom. The number of aromatic amines is 1. The summed E-state index contributed by atoms with van der Waals surface area (Å²) in [7, 11) is 0. The second-order valence-corrected chi connectivity index (χ2v) is 13.7. The highest BCUT2D eigenvalue weighted by molar-refractivity contribution is 6.09. The van der Waals surface area contributed by atoms with Crippen molar-refractivity contribution in [3.63, 3.8) is 0 Å². The van der Waals surface area contributed by atoms with Crippen LogP contribution >= 0.6 is 0 Å². The zero-order chi connectivity index (χ0) is 27.0. The topological polar surface area (TPSA) is 44.4 Å². The lowest BCUT2D eigenvalue weighted by Gasteiger charge is -2.56. The van der Waals surface area contributed by atoms with Gasteiger partial charge in [0.15, 0.2) is 0 Å². The molecule has 7 heterocycles. The minimum atomic E-state index is -0.277. The highest BCUT2D eigenvalue weighted by atomic mass is 16.5. The Labute approximate surface area is 243 Å². The summed E-state index contributed by atoms with van der Waals surface area (Å²) in [5.74, 6) is 0.492. The van der Waals surface area contributed by atoms with Gasteiger partial charge in [-0.05, 0) is 107 Å². The number of piperidine rings is 1. The van der Waals surface area contributed by atoms with Crippen molar-refractivity contribution < 1.29 is 4.74 Å². The highest BCUT2D eigenvalue weighted by Crippen LogP contribution is 2.65. The van der Waals surface area contributed by atoms with Crippen LogP contribution in [0, 0.1) is 11.3 Å². The van der Waals surface area contributed by atoms with Gasteiger partial charge in [-0.15, -0.1) is 0 Å². The molecule has 7 atom stereocenters. The molecule has 9 rings (SSSR count). The normalized spacial score (nSPS) is 39.4. The number of allylic oxidation sites excluding steroid dienone is 4. The Balaban J connectivity index is 1.29. The first-order chi connectivity index (χ1) is 20.3. The average Bonchev–Trinajstić information content (AvgIpc) is 3.62. The number of hydrogen-bond acceptors (Lipinski definition) is 4. The van der Waals surface area contributed by atoms with Crippen LogP contribution < -0.4 is 0 Å². The number of rotatable bonds is 1. The summed E-state index contributed by atoms with van der Waals surface area (Å²) < 4.78 is 7.45. The van der Waals surface area contributed by atoms with Gasteiger partial charge in [0.2, 0.25) is 0 Å². The molecule has 3 fully saturated rings. The molecule has 1 spiro atoms. The monoisotopic (exact) mass is 546 g/mol. The summed E-state index contributed by atoms with van der Waals surface area (Å²) in [5.41, 5.74) is 4.92. The van der Waals surface area contributed by atoms with Crippen molar-refractivity contribution in [2.45, 2.75) is 88.1 Å². The van der Waals surface area contributed by atoms with E-state index in [1.54, 1.807) is 0 Å². The highest BCUT2D eigenvalue weighted by Gasteiger charge is 2.71. The number of ether oxygens (including phenoxy) is 1. The number of H-pyrrole nitrogens is 1. The number of fused-ring (bicyclic) bond motifs is 4. The molecule has 1 unspecified atom stereocenters. The van der Waals surface area contributed by atoms with Crippen LogP contribution in [0.25, 0.3) is 27.4 Å². The third kappa shape index (κ3) is 3.61. The van der Waals surface area contributed by atoms with Crippen molar-refractivity contribution in [3.8, 4) is 0 Å². The number of pyridine rings is 1. The zero-order valence-electron chi connectivity index (χ0n) is 24.1. The van der Waals surface area contributed by atoms with Gasteiger partial charge in [-0.25, -0.2) is 0 Å². The van der Waals surface area contributed by atoms with Gasteiger partial charge in [0.25, 0.3) is 0 Å². The fraction of sp³-hybridized carbons (Fsp3) is 0.528. The third-order valence-electron chi connectivity index (χ3n) is 11.5. The van der Waals surface area contributed by atoms with E-state index in [-0.39, 0.29) is 17.2 Å². The summed E-state index contributed by atoms with van der Waals surface area (Å²) in [4.78, 5) is 14.7. The lowest BCUT2D eigenvalue weighted by atomic mass is 9.55. The molecule has 1 aromatic carbocycles. The van der Waals surface area contributed by atoms with Gasteiger partial charge in [0.1, 0.15) is 11.8 Å². The van der Waals surface area contributed by atoms with E-state index >= 15 is 0 Å². The molecular weight excluding hydrogens is 504 g/mol. The fourth-order valence-corrected chi connectivity index (χ4v) is 10.1. The predicted molar refractivity (Wildman–Crippen MR) is 165 cm³/mol. The Kier molecular flexibility index (Phi) is 5.69. The Bertz CT molecular complexity index is 1580. The number of nitrogens with zero attached hydrogens (tertiary/aromatic N) is 3. The number of benzene rings is 1. The van der Waals surface area contributed by atoms with Gasteiger partial charge < -0.3 is 14.6 Å². The Morgan fingerprint density at radius 1 is 0.927 bits per heavy atom. The number of nitrogens with one attached hydrogen (secondary N) is 1. The maximum absolute atomic E-state index is 7.45. The van der Waals surface area contributed by atoms with Crippen molar-refractivity contribution in [2.24, 2.45) is 11.3 Å². The first-order valence-corrected chi connectivity index (χ1v) is 16.3. The van der Waals surface area contributed by atoms with Crippen LogP contribution in [-0.4, -0.2) is 63.3 Å². The van der Waals surface area contributed by atoms with Crippen molar-refractivity contribution in [3.05, 3.63) is 72.6 Å². The molecule has 3 aromatic rings. The van der Waals surface area contributed by atoms with E-state index in [2.05, 4.69) is 75.5 Å². The fourth-order valence-electron chi connectivity index (χ4n) is 10.1. The Morgan fingerprint density at radius 2 is 1.85 bits per heavy atom. The number of para-hydroxylation sites is 1. The lowest BCUT2D eigenvalue weighted by molar-refractivity contribution is -0.0733. The molecule has 5 nitrogen and oxygen atoms in total. The van der Waals surface area contributed by atoms with Crippen LogP contribution in [-0.2, 0) is 4.74 Å². The van der Waals surface area contributed by atoms with Gasteiger partial charge in [-0.3, -0.25) is 9.88 Å².